The van der Waals surface area contributed by atoms with Crippen LogP contribution in [0.5, 0.6) is 0 Å². The van der Waals surface area contributed by atoms with E-state index in [4.69, 9.17) is 11.6 Å². The number of aromatic nitrogens is 3. The second-order valence-electron chi connectivity index (χ2n) is 3.52. The zero-order chi connectivity index (χ0) is 11.7. The quantitative estimate of drug-likeness (QED) is 0.751. The Labute approximate surface area is 97.8 Å². The van der Waals surface area contributed by atoms with Gasteiger partial charge in [0.1, 0.15) is 5.69 Å². The topological polar surface area (TPSA) is 47.8 Å². The molecule has 2 rings (SSSR count). The third-order valence-electron chi connectivity index (χ3n) is 2.30. The van der Waals surface area contributed by atoms with E-state index in [9.17, 15) is 4.79 Å². The van der Waals surface area contributed by atoms with Crippen LogP contribution in [0.3, 0.4) is 0 Å². The number of ketones is 1. The molecule has 0 amide bonds. The summed E-state index contributed by atoms with van der Waals surface area (Å²) in [7, 11) is 0. The fraction of sp³-hybridized carbons (Fsp3) is 0.182. The minimum absolute atomic E-state index is 0.0700. The zero-order valence-corrected chi connectivity index (χ0v) is 9.69. The van der Waals surface area contributed by atoms with E-state index in [0.717, 1.165) is 11.3 Å². The summed E-state index contributed by atoms with van der Waals surface area (Å²) in [6.07, 6.45) is 1.45. The van der Waals surface area contributed by atoms with Gasteiger partial charge in [-0.1, -0.05) is 16.8 Å². The Morgan fingerprint density at radius 2 is 2.19 bits per heavy atom. The molecule has 0 aliphatic carbocycles. The summed E-state index contributed by atoms with van der Waals surface area (Å²) >= 11 is 5.87. The third-order valence-corrected chi connectivity index (χ3v) is 2.53. The number of hydrogen-bond acceptors (Lipinski definition) is 3. The lowest BCUT2D eigenvalue weighted by atomic mass is 10.2. The van der Waals surface area contributed by atoms with Gasteiger partial charge in [0, 0.05) is 11.9 Å². The molecule has 1 heterocycles. The normalized spacial score (nSPS) is 10.4. The summed E-state index contributed by atoms with van der Waals surface area (Å²) in [5.74, 6) is -0.0700. The van der Waals surface area contributed by atoms with Gasteiger partial charge in [-0.2, -0.15) is 0 Å². The highest BCUT2D eigenvalue weighted by atomic mass is 35.5. The molecule has 82 valence electrons. The number of aryl methyl sites for hydroxylation is 1. The number of Topliss-reactive ketones (excluding diaryl/α,β-unsaturated/α-hetero) is 1. The summed E-state index contributed by atoms with van der Waals surface area (Å²) in [6, 6.07) is 5.40. The maximum atomic E-state index is 11.4. The minimum atomic E-state index is -0.0700. The zero-order valence-electron chi connectivity index (χ0n) is 8.94. The average molecular weight is 236 g/mol. The standard InChI is InChI=1S/C11H10ClN3O/c1-7-5-9(12)3-4-10(7)15-11(8(2)16)6-13-14-15/h3-6H,1-2H3. The highest BCUT2D eigenvalue weighted by Gasteiger charge is 2.11. The maximum Gasteiger partial charge on any atom is 0.179 e. The molecule has 0 aliphatic rings. The van der Waals surface area contributed by atoms with Crippen LogP contribution < -0.4 is 0 Å². The minimum Gasteiger partial charge on any atom is -0.293 e. The Kier molecular flexibility index (Phi) is 2.75. The summed E-state index contributed by atoms with van der Waals surface area (Å²) < 4.78 is 1.52. The monoisotopic (exact) mass is 235 g/mol. The molecular formula is C11H10ClN3O. The van der Waals surface area contributed by atoms with Crippen LogP contribution in [0.25, 0.3) is 5.69 Å². The second-order valence-corrected chi connectivity index (χ2v) is 3.95. The molecule has 1 aromatic carbocycles. The molecule has 0 aliphatic heterocycles. The molecular weight excluding hydrogens is 226 g/mol. The predicted octanol–water partition coefficient (Wildman–Crippen LogP) is 2.43. The first kappa shape index (κ1) is 10.8. The lowest BCUT2D eigenvalue weighted by molar-refractivity contribution is 0.101. The van der Waals surface area contributed by atoms with Crippen molar-refractivity contribution in [1.29, 1.82) is 0 Å². The van der Waals surface area contributed by atoms with Crippen LogP contribution in [0.4, 0.5) is 0 Å². The smallest absolute Gasteiger partial charge is 0.179 e. The Morgan fingerprint density at radius 1 is 1.44 bits per heavy atom. The van der Waals surface area contributed by atoms with Crippen LogP contribution in [0.2, 0.25) is 5.02 Å². The Hall–Kier alpha value is -1.68. The van der Waals surface area contributed by atoms with Gasteiger partial charge in [0.15, 0.2) is 5.78 Å². The molecule has 0 spiro atoms. The molecule has 16 heavy (non-hydrogen) atoms. The van der Waals surface area contributed by atoms with Gasteiger partial charge >= 0.3 is 0 Å². The lowest BCUT2D eigenvalue weighted by Gasteiger charge is -2.07. The summed E-state index contributed by atoms with van der Waals surface area (Å²) in [5, 5.41) is 8.30. The molecule has 1 aromatic heterocycles. The van der Waals surface area contributed by atoms with Crippen LogP contribution in [-0.2, 0) is 0 Å². The first-order chi connectivity index (χ1) is 7.59. The first-order valence-electron chi connectivity index (χ1n) is 4.78. The van der Waals surface area contributed by atoms with Crippen molar-refractivity contribution in [1.82, 2.24) is 15.0 Å². The molecule has 0 saturated heterocycles. The average Bonchev–Trinajstić information content (AvgIpc) is 2.66. The van der Waals surface area contributed by atoms with Gasteiger partial charge in [-0.3, -0.25) is 4.79 Å². The number of halogens is 1. The van der Waals surface area contributed by atoms with E-state index in [0.29, 0.717) is 10.7 Å². The van der Waals surface area contributed by atoms with E-state index in [1.54, 1.807) is 6.07 Å². The van der Waals surface area contributed by atoms with Gasteiger partial charge < -0.3 is 0 Å². The van der Waals surface area contributed by atoms with Crippen LogP contribution >= 0.6 is 11.6 Å². The summed E-state index contributed by atoms with van der Waals surface area (Å²) in [6.45, 7) is 3.40. The SMILES string of the molecule is CC(=O)c1cnnn1-c1ccc(Cl)cc1C. The molecule has 0 N–H and O–H groups in total. The van der Waals surface area contributed by atoms with Gasteiger partial charge in [0.05, 0.1) is 11.9 Å². The van der Waals surface area contributed by atoms with Gasteiger partial charge in [-0.15, -0.1) is 5.10 Å². The van der Waals surface area contributed by atoms with E-state index < -0.39 is 0 Å². The highest BCUT2D eigenvalue weighted by Crippen LogP contribution is 2.19. The third kappa shape index (κ3) is 1.84. The van der Waals surface area contributed by atoms with E-state index in [1.807, 2.05) is 19.1 Å². The number of nitrogens with zero attached hydrogens (tertiary/aromatic N) is 3. The van der Waals surface area contributed by atoms with Crippen LogP contribution in [-0.4, -0.2) is 20.8 Å². The first-order valence-corrected chi connectivity index (χ1v) is 5.15. The van der Waals surface area contributed by atoms with Crippen molar-refractivity contribution < 1.29 is 4.79 Å². The van der Waals surface area contributed by atoms with Gasteiger partial charge in [-0.05, 0) is 30.7 Å². The molecule has 0 atom stereocenters. The summed E-state index contributed by atoms with van der Waals surface area (Å²) in [4.78, 5) is 11.4. The van der Waals surface area contributed by atoms with Crippen molar-refractivity contribution in [3.05, 3.63) is 40.7 Å². The molecule has 0 bridgehead atoms. The molecule has 4 nitrogen and oxygen atoms in total. The number of rotatable bonds is 2. The van der Waals surface area contributed by atoms with E-state index in [-0.39, 0.29) is 5.78 Å². The van der Waals surface area contributed by atoms with Gasteiger partial charge in [-0.25, -0.2) is 4.68 Å². The molecule has 0 saturated carbocycles. The molecule has 0 unspecified atom stereocenters. The Morgan fingerprint density at radius 3 is 2.81 bits per heavy atom. The number of benzene rings is 1. The molecule has 0 fully saturated rings. The van der Waals surface area contributed by atoms with Crippen LogP contribution in [0.1, 0.15) is 23.0 Å². The summed E-state index contributed by atoms with van der Waals surface area (Å²) in [5.41, 5.74) is 2.22. The van der Waals surface area contributed by atoms with Crippen molar-refractivity contribution >= 4 is 17.4 Å². The van der Waals surface area contributed by atoms with Gasteiger partial charge in [0.25, 0.3) is 0 Å². The van der Waals surface area contributed by atoms with Crippen molar-refractivity contribution in [3.8, 4) is 5.69 Å². The second kappa shape index (κ2) is 4.06. The Bertz CT molecular complexity index is 548. The number of carbonyl (C=O) groups is 1. The largest absolute Gasteiger partial charge is 0.293 e. The van der Waals surface area contributed by atoms with Crippen LogP contribution in [0.15, 0.2) is 24.4 Å². The fourth-order valence-electron chi connectivity index (χ4n) is 1.51. The maximum absolute atomic E-state index is 11.4. The lowest BCUT2D eigenvalue weighted by Crippen LogP contribution is -2.07. The molecule has 5 heteroatoms. The van der Waals surface area contributed by atoms with Crippen molar-refractivity contribution in [2.24, 2.45) is 0 Å². The number of hydrogen-bond donors (Lipinski definition) is 0. The van der Waals surface area contributed by atoms with Crippen molar-refractivity contribution in [3.63, 3.8) is 0 Å². The number of carbonyl (C=O) groups excluding carboxylic acids is 1. The van der Waals surface area contributed by atoms with Crippen molar-refractivity contribution in [2.45, 2.75) is 13.8 Å². The highest BCUT2D eigenvalue weighted by molar-refractivity contribution is 6.30. The fourth-order valence-corrected chi connectivity index (χ4v) is 1.74. The van der Waals surface area contributed by atoms with Crippen LogP contribution in [0, 0.1) is 6.92 Å². The predicted molar refractivity (Wildman–Crippen MR) is 61.1 cm³/mol. The Balaban J connectivity index is 2.59. The van der Waals surface area contributed by atoms with E-state index >= 15 is 0 Å². The van der Waals surface area contributed by atoms with E-state index in [2.05, 4.69) is 10.3 Å². The molecule has 0 radical (unpaired) electrons. The molecule has 2 aromatic rings. The van der Waals surface area contributed by atoms with Gasteiger partial charge in [0.2, 0.25) is 0 Å². The van der Waals surface area contributed by atoms with E-state index in [1.165, 1.54) is 17.8 Å². The van der Waals surface area contributed by atoms with Crippen molar-refractivity contribution in [2.75, 3.05) is 0 Å².